The second-order valence-electron chi connectivity index (χ2n) is 6.97. The molecule has 122 valence electrons. The maximum atomic E-state index is 10.0. The van der Waals surface area contributed by atoms with E-state index in [2.05, 4.69) is 31.3 Å². The molecule has 0 aromatic heterocycles. The molecule has 0 bridgehead atoms. The van der Waals surface area contributed by atoms with Gasteiger partial charge in [-0.25, -0.2) is 0 Å². The third-order valence-electron chi connectivity index (χ3n) is 4.76. The fourth-order valence-corrected chi connectivity index (χ4v) is 3.09. The largest absolute Gasteiger partial charge is 0.389 e. The first-order chi connectivity index (χ1) is 10.1. The van der Waals surface area contributed by atoms with E-state index in [0.29, 0.717) is 25.0 Å². The van der Waals surface area contributed by atoms with Gasteiger partial charge in [0.1, 0.15) is 0 Å². The van der Waals surface area contributed by atoms with Gasteiger partial charge in [-0.3, -0.25) is 0 Å². The number of nitrogens with one attached hydrogen (secondary N) is 1. The summed E-state index contributed by atoms with van der Waals surface area (Å²) in [7, 11) is 0. The Labute approximate surface area is 128 Å². The van der Waals surface area contributed by atoms with E-state index < -0.39 is 6.10 Å². The first-order valence-corrected chi connectivity index (χ1v) is 8.33. The first-order valence-electron chi connectivity index (χ1n) is 8.33. The Morgan fingerprint density at radius 2 is 2.24 bits per heavy atom. The van der Waals surface area contributed by atoms with Crippen molar-refractivity contribution in [1.82, 2.24) is 5.32 Å². The lowest BCUT2D eigenvalue weighted by Gasteiger charge is -2.35. The van der Waals surface area contributed by atoms with Crippen LogP contribution in [0.4, 0.5) is 0 Å². The van der Waals surface area contributed by atoms with Crippen molar-refractivity contribution in [3.63, 3.8) is 0 Å². The molecule has 21 heavy (non-hydrogen) atoms. The number of allylic oxidation sites excluding steroid dienone is 2. The quantitative estimate of drug-likeness (QED) is 0.707. The number of rotatable bonds is 7. The van der Waals surface area contributed by atoms with Gasteiger partial charge >= 0.3 is 0 Å². The van der Waals surface area contributed by atoms with Crippen LogP contribution in [0, 0.1) is 11.8 Å². The second kappa shape index (κ2) is 8.28. The van der Waals surface area contributed by atoms with Crippen LogP contribution in [0.1, 0.15) is 39.5 Å². The predicted octanol–water partition coefficient (Wildman–Crippen LogP) is 2.12. The van der Waals surface area contributed by atoms with Crippen molar-refractivity contribution in [3.05, 3.63) is 12.2 Å². The van der Waals surface area contributed by atoms with Gasteiger partial charge in [0.05, 0.1) is 25.9 Å². The van der Waals surface area contributed by atoms with E-state index in [9.17, 15) is 5.11 Å². The summed E-state index contributed by atoms with van der Waals surface area (Å²) >= 11 is 0. The average molecular weight is 297 g/mol. The topological polar surface area (TPSA) is 50.7 Å². The lowest BCUT2D eigenvalue weighted by atomic mass is 9.85. The molecule has 1 fully saturated rings. The summed E-state index contributed by atoms with van der Waals surface area (Å²) < 4.78 is 11.2. The second-order valence-corrected chi connectivity index (χ2v) is 6.97. The summed E-state index contributed by atoms with van der Waals surface area (Å²) in [4.78, 5) is 0. The van der Waals surface area contributed by atoms with Crippen molar-refractivity contribution >= 4 is 0 Å². The fourth-order valence-electron chi connectivity index (χ4n) is 3.09. The minimum absolute atomic E-state index is 0.00189. The third-order valence-corrected chi connectivity index (χ3v) is 4.76. The molecule has 0 saturated carbocycles. The molecule has 1 aliphatic heterocycles. The molecule has 0 spiro atoms. The van der Waals surface area contributed by atoms with E-state index in [1.807, 2.05) is 0 Å². The van der Waals surface area contributed by atoms with Crippen LogP contribution < -0.4 is 5.32 Å². The van der Waals surface area contributed by atoms with Crippen LogP contribution in [0.5, 0.6) is 0 Å². The summed E-state index contributed by atoms with van der Waals surface area (Å²) in [6, 6.07) is 0. The molecule has 4 nitrogen and oxygen atoms in total. The maximum Gasteiger partial charge on any atom is 0.0897 e. The van der Waals surface area contributed by atoms with Gasteiger partial charge in [-0.1, -0.05) is 19.1 Å². The van der Waals surface area contributed by atoms with E-state index in [0.717, 1.165) is 45.5 Å². The van der Waals surface area contributed by atoms with Crippen LogP contribution >= 0.6 is 0 Å². The predicted molar refractivity (Wildman–Crippen MR) is 84.3 cm³/mol. The molecule has 1 aliphatic carbocycles. The highest BCUT2D eigenvalue weighted by Gasteiger charge is 2.27. The van der Waals surface area contributed by atoms with Crippen molar-refractivity contribution in [2.45, 2.75) is 51.2 Å². The summed E-state index contributed by atoms with van der Waals surface area (Å²) in [5.74, 6) is 1.28. The molecule has 4 atom stereocenters. The molecule has 2 N–H and O–H groups in total. The van der Waals surface area contributed by atoms with E-state index in [1.165, 1.54) is 0 Å². The van der Waals surface area contributed by atoms with E-state index in [1.54, 1.807) is 0 Å². The monoisotopic (exact) mass is 297 g/mol. The average Bonchev–Trinajstić information content (AvgIpc) is 2.48. The molecule has 2 aliphatic rings. The normalized spacial score (nSPS) is 34.8. The molecular formula is C17H31NO3. The Balaban J connectivity index is 1.59. The highest BCUT2D eigenvalue weighted by molar-refractivity contribution is 4.93. The van der Waals surface area contributed by atoms with Crippen LogP contribution in [0.3, 0.4) is 0 Å². The van der Waals surface area contributed by atoms with Crippen molar-refractivity contribution in [1.29, 1.82) is 0 Å². The Morgan fingerprint density at radius 1 is 1.43 bits per heavy atom. The third kappa shape index (κ3) is 5.70. The summed E-state index contributed by atoms with van der Waals surface area (Å²) in [6.45, 7) is 7.76. The fraction of sp³-hybridized carbons (Fsp3) is 0.882. The number of hydrogen-bond acceptors (Lipinski definition) is 4. The summed E-state index contributed by atoms with van der Waals surface area (Å²) in [5.41, 5.74) is 0.00189. The van der Waals surface area contributed by atoms with E-state index in [-0.39, 0.29) is 5.54 Å². The Bertz CT molecular complexity index is 326. The van der Waals surface area contributed by atoms with Gasteiger partial charge in [0.25, 0.3) is 0 Å². The minimum Gasteiger partial charge on any atom is -0.389 e. The number of β-amino-alcohol motifs (C(OH)–C–C–N with tert-alkyl or cyclic N) is 1. The number of aliphatic hydroxyl groups excluding tert-OH is 1. The standard InChI is InChI=1S/C17H31NO3/c1-14-6-3-4-7-15(14)11-21-12-16(19)10-18-17(2)8-5-9-20-13-17/h3-4,14-16,18-19H,5-13H2,1-2H3. The Hall–Kier alpha value is -0.420. The zero-order chi connectivity index (χ0) is 15.1. The Kier molecular flexibility index (Phi) is 6.68. The minimum atomic E-state index is -0.446. The number of hydrogen-bond donors (Lipinski definition) is 2. The van der Waals surface area contributed by atoms with Crippen molar-refractivity contribution in [2.24, 2.45) is 11.8 Å². The number of aliphatic hydroxyl groups is 1. The molecule has 1 saturated heterocycles. The summed E-state index contributed by atoms with van der Waals surface area (Å²) in [5, 5.41) is 13.5. The molecule has 4 unspecified atom stereocenters. The lowest BCUT2D eigenvalue weighted by molar-refractivity contribution is -0.00403. The lowest BCUT2D eigenvalue weighted by Crippen LogP contribution is -2.51. The maximum absolute atomic E-state index is 10.0. The van der Waals surface area contributed by atoms with E-state index in [4.69, 9.17) is 9.47 Å². The molecule has 0 radical (unpaired) electrons. The zero-order valence-corrected chi connectivity index (χ0v) is 13.5. The highest BCUT2D eigenvalue weighted by Crippen LogP contribution is 2.25. The SMILES string of the molecule is CC1CC=CCC1COCC(O)CNC1(C)CCCOC1. The van der Waals surface area contributed by atoms with Gasteiger partial charge < -0.3 is 19.9 Å². The van der Waals surface area contributed by atoms with Gasteiger partial charge in [0.2, 0.25) is 0 Å². The molecule has 0 aromatic rings. The van der Waals surface area contributed by atoms with Crippen molar-refractivity contribution in [2.75, 3.05) is 33.0 Å². The van der Waals surface area contributed by atoms with Crippen molar-refractivity contribution in [3.8, 4) is 0 Å². The van der Waals surface area contributed by atoms with Gasteiger partial charge in [-0.05, 0) is 44.4 Å². The highest BCUT2D eigenvalue weighted by atomic mass is 16.5. The molecule has 0 aromatic carbocycles. The van der Waals surface area contributed by atoms with Crippen LogP contribution in [0.15, 0.2) is 12.2 Å². The van der Waals surface area contributed by atoms with Gasteiger partial charge in [-0.2, -0.15) is 0 Å². The molecule has 1 heterocycles. The van der Waals surface area contributed by atoms with Gasteiger partial charge in [-0.15, -0.1) is 0 Å². The van der Waals surface area contributed by atoms with Crippen LogP contribution in [-0.2, 0) is 9.47 Å². The van der Waals surface area contributed by atoms with Crippen LogP contribution in [0.25, 0.3) is 0 Å². The van der Waals surface area contributed by atoms with Gasteiger partial charge in [0, 0.05) is 18.7 Å². The van der Waals surface area contributed by atoms with Gasteiger partial charge in [0.15, 0.2) is 0 Å². The van der Waals surface area contributed by atoms with Crippen LogP contribution in [0.2, 0.25) is 0 Å². The van der Waals surface area contributed by atoms with Crippen molar-refractivity contribution < 1.29 is 14.6 Å². The Morgan fingerprint density at radius 3 is 2.95 bits per heavy atom. The smallest absolute Gasteiger partial charge is 0.0897 e. The van der Waals surface area contributed by atoms with Crippen LogP contribution in [-0.4, -0.2) is 49.7 Å². The molecular weight excluding hydrogens is 266 g/mol. The zero-order valence-electron chi connectivity index (χ0n) is 13.5. The molecule has 0 amide bonds. The number of ether oxygens (including phenoxy) is 2. The summed E-state index contributed by atoms with van der Waals surface area (Å²) in [6.07, 6.45) is 8.50. The first kappa shape index (κ1) is 16.9. The van der Waals surface area contributed by atoms with E-state index >= 15 is 0 Å². The molecule has 4 heteroatoms. The molecule has 2 rings (SSSR count).